The second kappa shape index (κ2) is 7.38. The minimum Gasteiger partial charge on any atom is -0.355 e. The van der Waals surface area contributed by atoms with Crippen LogP contribution >= 0.6 is 34.4 Å². The third-order valence-corrected chi connectivity index (χ3v) is 6.45. The average molecular weight is 388 g/mol. The summed E-state index contributed by atoms with van der Waals surface area (Å²) in [4.78, 5) is 17.6. The largest absolute Gasteiger partial charge is 0.355 e. The Hall–Kier alpha value is -2.16. The van der Waals surface area contributed by atoms with Gasteiger partial charge in [0.2, 0.25) is 5.91 Å². The molecule has 0 bridgehead atoms. The second-order valence-electron chi connectivity index (χ2n) is 5.17. The molecule has 1 aromatic carbocycles. The number of hydrogen-bond donors (Lipinski definition) is 1. The molecule has 0 unspecified atom stereocenters. The van der Waals surface area contributed by atoms with E-state index in [1.165, 1.54) is 11.8 Å². The Balaban J connectivity index is 1.29. The predicted octanol–water partition coefficient (Wildman–Crippen LogP) is 4.42. The number of hydrogen-bond acceptors (Lipinski definition) is 7. The summed E-state index contributed by atoms with van der Waals surface area (Å²) in [6, 6.07) is 13.8. The molecule has 8 heteroatoms. The molecule has 0 aliphatic carbocycles. The van der Waals surface area contributed by atoms with E-state index in [1.54, 1.807) is 22.7 Å². The molecule has 1 N–H and O–H groups in total. The van der Waals surface area contributed by atoms with Gasteiger partial charge in [0.1, 0.15) is 5.69 Å². The first-order valence-electron chi connectivity index (χ1n) is 7.52. The van der Waals surface area contributed by atoms with E-state index in [9.17, 15) is 4.79 Å². The molecule has 0 aliphatic rings. The van der Waals surface area contributed by atoms with Gasteiger partial charge in [-0.1, -0.05) is 35.1 Å². The van der Waals surface area contributed by atoms with Crippen LogP contribution in [0.25, 0.3) is 20.9 Å². The molecule has 0 spiro atoms. The normalized spacial score (nSPS) is 11.0. The van der Waals surface area contributed by atoms with Crippen molar-refractivity contribution in [1.29, 1.82) is 0 Å². The molecule has 3 aromatic heterocycles. The Kier molecular flexibility index (Phi) is 4.82. The van der Waals surface area contributed by atoms with Crippen LogP contribution in [0.5, 0.6) is 0 Å². The van der Waals surface area contributed by atoms with Crippen LogP contribution in [-0.4, -0.2) is 21.8 Å². The average Bonchev–Trinajstić information content (AvgIpc) is 3.37. The maximum atomic E-state index is 12.0. The summed E-state index contributed by atoms with van der Waals surface area (Å²) in [5.41, 5.74) is 1.68. The number of para-hydroxylation sites is 1. The van der Waals surface area contributed by atoms with Gasteiger partial charge in [-0.3, -0.25) is 4.79 Å². The Morgan fingerprint density at radius 2 is 2.16 bits per heavy atom. The Morgan fingerprint density at radius 3 is 3.00 bits per heavy atom. The highest BCUT2D eigenvalue weighted by molar-refractivity contribution is 8.01. The Morgan fingerprint density at radius 1 is 1.24 bits per heavy atom. The van der Waals surface area contributed by atoms with Crippen LogP contribution in [0.15, 0.2) is 56.7 Å². The summed E-state index contributed by atoms with van der Waals surface area (Å²) in [6.45, 7) is 0.355. The van der Waals surface area contributed by atoms with Gasteiger partial charge in [-0.2, -0.15) is 0 Å². The van der Waals surface area contributed by atoms with Crippen molar-refractivity contribution in [2.75, 3.05) is 5.75 Å². The number of carbonyl (C=O) groups excluding carboxylic acids is 1. The lowest BCUT2D eigenvalue weighted by molar-refractivity contribution is -0.118. The van der Waals surface area contributed by atoms with Crippen LogP contribution in [0.1, 0.15) is 5.69 Å². The number of thioether (sulfide) groups is 1. The summed E-state index contributed by atoms with van der Waals surface area (Å²) in [5, 5.41) is 8.84. The number of fused-ring (bicyclic) bond motifs is 1. The van der Waals surface area contributed by atoms with Crippen LogP contribution in [0.4, 0.5) is 0 Å². The number of thiophene rings is 1. The second-order valence-corrected chi connectivity index (χ2v) is 8.37. The lowest BCUT2D eigenvalue weighted by atomic mass is 10.3. The molecule has 0 atom stereocenters. The number of rotatable bonds is 6. The monoisotopic (exact) mass is 387 g/mol. The number of thiazole rings is 1. The molecule has 5 nitrogen and oxygen atoms in total. The molecule has 4 aromatic rings. The van der Waals surface area contributed by atoms with Crippen LogP contribution in [0, 0.1) is 0 Å². The molecule has 0 radical (unpaired) electrons. The molecule has 1 amide bonds. The van der Waals surface area contributed by atoms with Crippen molar-refractivity contribution in [3.63, 3.8) is 0 Å². The van der Waals surface area contributed by atoms with Crippen LogP contribution in [0.2, 0.25) is 0 Å². The highest BCUT2D eigenvalue weighted by atomic mass is 32.2. The van der Waals surface area contributed by atoms with E-state index in [2.05, 4.69) is 15.5 Å². The van der Waals surface area contributed by atoms with Crippen LogP contribution < -0.4 is 5.32 Å². The fourth-order valence-corrected chi connectivity index (χ4v) is 4.78. The quantitative estimate of drug-likeness (QED) is 0.496. The number of nitrogens with one attached hydrogen (secondary N) is 1. The van der Waals surface area contributed by atoms with Crippen molar-refractivity contribution in [2.24, 2.45) is 0 Å². The van der Waals surface area contributed by atoms with E-state index in [1.807, 2.05) is 47.8 Å². The zero-order chi connectivity index (χ0) is 17.1. The van der Waals surface area contributed by atoms with Gasteiger partial charge < -0.3 is 9.84 Å². The zero-order valence-corrected chi connectivity index (χ0v) is 15.4. The van der Waals surface area contributed by atoms with Gasteiger partial charge in [0.15, 0.2) is 10.1 Å². The van der Waals surface area contributed by atoms with Crippen molar-refractivity contribution >= 4 is 50.6 Å². The van der Waals surface area contributed by atoms with E-state index in [0.717, 1.165) is 25.2 Å². The molecule has 4 rings (SSSR count). The van der Waals surface area contributed by atoms with E-state index in [0.29, 0.717) is 18.0 Å². The van der Waals surface area contributed by atoms with Crippen molar-refractivity contribution in [3.05, 3.63) is 53.5 Å². The smallest absolute Gasteiger partial charge is 0.230 e. The van der Waals surface area contributed by atoms with Crippen LogP contribution in [-0.2, 0) is 11.3 Å². The highest BCUT2D eigenvalue weighted by Crippen LogP contribution is 2.29. The van der Waals surface area contributed by atoms with Gasteiger partial charge in [-0.15, -0.1) is 22.7 Å². The molecular formula is C17H13N3O2S3. The molecule has 0 fully saturated rings. The summed E-state index contributed by atoms with van der Waals surface area (Å²) in [5.74, 6) is 1.00. The SMILES string of the molecule is O=C(CSc1nc2ccccc2s1)NCc1cc(-c2cccs2)on1. The minimum absolute atomic E-state index is 0.0510. The Bertz CT molecular complexity index is 959. The van der Waals surface area contributed by atoms with Crippen molar-refractivity contribution in [2.45, 2.75) is 10.9 Å². The van der Waals surface area contributed by atoms with Gasteiger partial charge in [-0.25, -0.2) is 4.98 Å². The van der Waals surface area contributed by atoms with Crippen molar-refractivity contribution in [1.82, 2.24) is 15.5 Å². The number of nitrogens with zero attached hydrogens (tertiary/aromatic N) is 2. The first-order valence-corrected chi connectivity index (χ1v) is 10.2. The Labute approximate surface area is 156 Å². The lowest BCUT2D eigenvalue weighted by Gasteiger charge is -2.00. The summed E-state index contributed by atoms with van der Waals surface area (Å²) in [7, 11) is 0. The van der Waals surface area contributed by atoms with Gasteiger partial charge in [-0.05, 0) is 23.6 Å². The van der Waals surface area contributed by atoms with Gasteiger partial charge in [0.25, 0.3) is 0 Å². The number of aromatic nitrogens is 2. The fraction of sp³-hybridized carbons (Fsp3) is 0.118. The maximum absolute atomic E-state index is 12.0. The first-order chi connectivity index (χ1) is 12.3. The lowest BCUT2D eigenvalue weighted by Crippen LogP contribution is -2.24. The van der Waals surface area contributed by atoms with Gasteiger partial charge in [0, 0.05) is 6.07 Å². The van der Waals surface area contributed by atoms with Crippen molar-refractivity contribution in [3.8, 4) is 10.6 Å². The standard InChI is InChI=1S/C17H13N3O2S3/c21-16(10-24-17-19-12-4-1-2-5-14(12)25-17)18-9-11-8-13(22-20-11)15-6-3-7-23-15/h1-8H,9-10H2,(H,18,21). The van der Waals surface area contributed by atoms with Gasteiger partial charge >= 0.3 is 0 Å². The van der Waals surface area contributed by atoms with E-state index < -0.39 is 0 Å². The molecular weight excluding hydrogens is 374 g/mol. The van der Waals surface area contributed by atoms with Crippen LogP contribution in [0.3, 0.4) is 0 Å². The molecule has 0 saturated heterocycles. The van der Waals surface area contributed by atoms with E-state index in [4.69, 9.17) is 4.52 Å². The van der Waals surface area contributed by atoms with Gasteiger partial charge in [0.05, 0.1) is 27.4 Å². The molecule has 0 aliphatic heterocycles. The number of amides is 1. The molecule has 126 valence electrons. The topological polar surface area (TPSA) is 68.0 Å². The van der Waals surface area contributed by atoms with E-state index in [-0.39, 0.29) is 5.91 Å². The first kappa shape index (κ1) is 16.3. The van der Waals surface area contributed by atoms with Crippen molar-refractivity contribution < 1.29 is 9.32 Å². The maximum Gasteiger partial charge on any atom is 0.230 e. The molecule has 3 heterocycles. The highest BCUT2D eigenvalue weighted by Gasteiger charge is 2.10. The summed E-state index contributed by atoms with van der Waals surface area (Å²) < 4.78 is 7.33. The van der Waals surface area contributed by atoms with E-state index >= 15 is 0 Å². The predicted molar refractivity (Wildman–Crippen MR) is 102 cm³/mol. The summed E-state index contributed by atoms with van der Waals surface area (Å²) >= 11 is 4.64. The molecule has 25 heavy (non-hydrogen) atoms. The third-order valence-electron chi connectivity index (χ3n) is 3.39. The third kappa shape index (κ3) is 3.92. The summed E-state index contributed by atoms with van der Waals surface area (Å²) in [6.07, 6.45) is 0. The number of carbonyl (C=O) groups is 1. The number of benzene rings is 1. The fourth-order valence-electron chi connectivity index (χ4n) is 2.21. The minimum atomic E-state index is -0.0510. The zero-order valence-electron chi connectivity index (χ0n) is 13.0. The molecule has 0 saturated carbocycles.